The molecule has 3 heterocycles. The molecular weight excluding hydrogens is 388 g/mol. The van der Waals surface area contributed by atoms with Crippen LogP contribution in [0.15, 0.2) is 84.9 Å². The first kappa shape index (κ1) is 16.6. The molecule has 1 aliphatic rings. The maximum absolute atomic E-state index is 3.60. The van der Waals surface area contributed by atoms with E-state index in [1.54, 1.807) is 0 Å². The minimum Gasteiger partial charge on any atom is -0.355 e. The molecule has 0 fully saturated rings. The van der Waals surface area contributed by atoms with Gasteiger partial charge in [-0.3, -0.25) is 0 Å². The third-order valence-corrected chi connectivity index (χ3v) is 7.32. The largest absolute Gasteiger partial charge is 0.355 e. The maximum Gasteiger partial charge on any atom is 0.0620 e. The van der Waals surface area contributed by atoms with Gasteiger partial charge in [-0.05, 0) is 72.0 Å². The molecule has 4 aromatic carbocycles. The summed E-state index contributed by atoms with van der Waals surface area (Å²) in [5, 5.41) is 6.68. The number of para-hydroxylation sites is 2. The molecule has 3 aromatic heterocycles. The van der Waals surface area contributed by atoms with Crippen LogP contribution in [0.2, 0.25) is 0 Å². The lowest BCUT2D eigenvalue weighted by Gasteiger charge is -2.07. The highest BCUT2D eigenvalue weighted by Gasteiger charge is 2.19. The van der Waals surface area contributed by atoms with E-state index in [1.807, 2.05) is 0 Å². The number of H-pyrrole nitrogens is 1. The van der Waals surface area contributed by atoms with E-state index in [0.29, 0.717) is 0 Å². The lowest BCUT2D eigenvalue weighted by molar-refractivity contribution is 0.992. The second kappa shape index (κ2) is 5.80. The molecule has 1 aliphatic carbocycles. The van der Waals surface area contributed by atoms with Gasteiger partial charge in [0.2, 0.25) is 0 Å². The van der Waals surface area contributed by atoms with Crippen molar-refractivity contribution in [3.63, 3.8) is 0 Å². The lowest BCUT2D eigenvalue weighted by atomic mass is 9.96. The summed E-state index contributed by atoms with van der Waals surface area (Å²) in [6.45, 7) is 0. The number of allylic oxidation sites excluding steroid dienone is 1. The Balaban J connectivity index is 1.50. The van der Waals surface area contributed by atoms with Crippen molar-refractivity contribution >= 4 is 55.1 Å². The van der Waals surface area contributed by atoms with Crippen molar-refractivity contribution in [2.75, 3.05) is 0 Å². The summed E-state index contributed by atoms with van der Waals surface area (Å²) < 4.78 is 2.44. The van der Waals surface area contributed by atoms with Gasteiger partial charge >= 0.3 is 0 Å². The third kappa shape index (κ3) is 2.00. The second-order valence-electron chi connectivity index (χ2n) is 9.01. The predicted molar refractivity (Wildman–Crippen MR) is 136 cm³/mol. The van der Waals surface area contributed by atoms with Crippen LogP contribution in [-0.2, 0) is 6.42 Å². The fourth-order valence-electron chi connectivity index (χ4n) is 5.90. The van der Waals surface area contributed by atoms with Gasteiger partial charge in [-0.25, -0.2) is 0 Å². The minimum atomic E-state index is 1.11. The fraction of sp³-hybridized carbons (Fsp3) is 0.0667. The number of benzene rings is 4. The second-order valence-corrected chi connectivity index (χ2v) is 9.01. The summed E-state index contributed by atoms with van der Waals surface area (Å²) >= 11 is 0. The van der Waals surface area contributed by atoms with Crippen molar-refractivity contribution in [2.45, 2.75) is 12.8 Å². The summed E-state index contributed by atoms with van der Waals surface area (Å²) in [6.07, 6.45) is 6.73. The van der Waals surface area contributed by atoms with Gasteiger partial charge in [-0.1, -0.05) is 48.5 Å². The zero-order chi connectivity index (χ0) is 20.8. The molecule has 0 saturated heterocycles. The number of aryl methyl sites for hydroxylation is 1. The van der Waals surface area contributed by atoms with Crippen molar-refractivity contribution in [1.29, 1.82) is 0 Å². The SMILES string of the molecule is C1=Cc2[nH]c3ccc(-c4cc5c6ccccc6n6c7ccccc7c(c4)c56)cc3c2CC1. The number of aromatic amines is 1. The molecule has 0 bridgehead atoms. The van der Waals surface area contributed by atoms with E-state index < -0.39 is 0 Å². The van der Waals surface area contributed by atoms with E-state index in [0.717, 1.165) is 12.8 Å². The average Bonchev–Trinajstić information content (AvgIpc) is 3.50. The number of hydrogen-bond donors (Lipinski definition) is 1. The van der Waals surface area contributed by atoms with Crippen LogP contribution in [0.25, 0.3) is 66.2 Å². The number of aromatic nitrogens is 2. The molecule has 0 atom stereocenters. The van der Waals surface area contributed by atoms with Gasteiger partial charge in [0.05, 0.1) is 16.6 Å². The normalized spacial score (nSPS) is 13.9. The van der Waals surface area contributed by atoms with Crippen molar-refractivity contribution in [2.24, 2.45) is 0 Å². The summed E-state index contributed by atoms with van der Waals surface area (Å²) in [4.78, 5) is 3.60. The highest BCUT2D eigenvalue weighted by molar-refractivity contribution is 6.24. The van der Waals surface area contributed by atoms with Gasteiger partial charge in [0, 0.05) is 38.1 Å². The van der Waals surface area contributed by atoms with Crippen molar-refractivity contribution in [3.05, 3.63) is 96.2 Å². The van der Waals surface area contributed by atoms with Crippen LogP contribution < -0.4 is 0 Å². The van der Waals surface area contributed by atoms with E-state index in [9.17, 15) is 0 Å². The lowest BCUT2D eigenvalue weighted by Crippen LogP contribution is -1.90. The molecule has 0 spiro atoms. The zero-order valence-electron chi connectivity index (χ0n) is 17.5. The van der Waals surface area contributed by atoms with E-state index in [1.165, 1.54) is 71.4 Å². The molecule has 7 aromatic rings. The molecule has 0 amide bonds. The number of fused-ring (bicyclic) bond motifs is 9. The molecule has 2 heteroatoms. The van der Waals surface area contributed by atoms with Gasteiger partial charge in [0.15, 0.2) is 0 Å². The zero-order valence-corrected chi connectivity index (χ0v) is 17.5. The molecule has 0 saturated carbocycles. The Morgan fingerprint density at radius 3 is 2.09 bits per heavy atom. The van der Waals surface area contributed by atoms with Crippen molar-refractivity contribution in [3.8, 4) is 11.1 Å². The van der Waals surface area contributed by atoms with Gasteiger partial charge in [-0.15, -0.1) is 0 Å². The van der Waals surface area contributed by atoms with Gasteiger partial charge in [0.25, 0.3) is 0 Å². The molecule has 150 valence electrons. The Morgan fingerprint density at radius 2 is 1.34 bits per heavy atom. The highest BCUT2D eigenvalue weighted by atomic mass is 14.9. The predicted octanol–water partition coefficient (Wildman–Crippen LogP) is 7.94. The van der Waals surface area contributed by atoms with E-state index in [-0.39, 0.29) is 0 Å². The topological polar surface area (TPSA) is 20.2 Å². The number of nitrogens with zero attached hydrogens (tertiary/aromatic N) is 1. The maximum atomic E-state index is 3.60. The van der Waals surface area contributed by atoms with Crippen LogP contribution in [0, 0.1) is 0 Å². The summed E-state index contributed by atoms with van der Waals surface area (Å²) in [5.41, 5.74) is 10.4. The van der Waals surface area contributed by atoms with Crippen molar-refractivity contribution in [1.82, 2.24) is 9.38 Å². The Kier molecular flexibility index (Phi) is 3.01. The molecule has 32 heavy (non-hydrogen) atoms. The summed E-state index contributed by atoms with van der Waals surface area (Å²) in [6, 6.07) is 29.3. The number of hydrogen-bond acceptors (Lipinski definition) is 0. The van der Waals surface area contributed by atoms with Crippen LogP contribution in [0.3, 0.4) is 0 Å². The Morgan fingerprint density at radius 1 is 0.656 bits per heavy atom. The minimum absolute atomic E-state index is 1.11. The van der Waals surface area contributed by atoms with E-state index >= 15 is 0 Å². The molecule has 0 unspecified atom stereocenters. The molecule has 0 radical (unpaired) electrons. The quantitative estimate of drug-likeness (QED) is 0.284. The van der Waals surface area contributed by atoms with E-state index in [4.69, 9.17) is 0 Å². The van der Waals surface area contributed by atoms with Gasteiger partial charge in [0.1, 0.15) is 0 Å². The van der Waals surface area contributed by atoms with Crippen LogP contribution in [0.4, 0.5) is 0 Å². The smallest absolute Gasteiger partial charge is 0.0620 e. The first-order valence-electron chi connectivity index (χ1n) is 11.4. The molecule has 2 nitrogen and oxygen atoms in total. The highest BCUT2D eigenvalue weighted by Crippen LogP contribution is 2.42. The van der Waals surface area contributed by atoms with Crippen LogP contribution in [-0.4, -0.2) is 9.38 Å². The molecule has 0 aliphatic heterocycles. The Labute approximate surface area is 184 Å². The third-order valence-electron chi connectivity index (χ3n) is 7.32. The number of nitrogens with one attached hydrogen (secondary N) is 1. The van der Waals surface area contributed by atoms with Crippen LogP contribution >= 0.6 is 0 Å². The van der Waals surface area contributed by atoms with Crippen LogP contribution in [0.5, 0.6) is 0 Å². The molecular formula is C30H20N2. The standard InChI is InChI=1S/C30H20N2/c1-4-10-26-20(7-1)23-15-18(13-14-27(23)31-26)19-16-24-21-8-2-5-11-28(21)32-29-12-6-3-9-22(29)25(17-19)30(24)32/h2-6,8-17,31H,1,7H2. The molecule has 8 rings (SSSR count). The Bertz CT molecular complexity index is 1790. The van der Waals surface area contributed by atoms with E-state index in [2.05, 4.69) is 100 Å². The fourth-order valence-corrected chi connectivity index (χ4v) is 5.90. The van der Waals surface area contributed by atoms with Crippen molar-refractivity contribution < 1.29 is 0 Å². The first-order valence-corrected chi connectivity index (χ1v) is 11.4. The molecule has 1 N–H and O–H groups in total. The van der Waals surface area contributed by atoms with Gasteiger partial charge in [-0.2, -0.15) is 0 Å². The summed E-state index contributed by atoms with van der Waals surface area (Å²) in [7, 11) is 0. The summed E-state index contributed by atoms with van der Waals surface area (Å²) in [5.74, 6) is 0. The number of rotatable bonds is 1. The first-order chi connectivity index (χ1) is 15.9. The monoisotopic (exact) mass is 408 g/mol. The van der Waals surface area contributed by atoms with Gasteiger partial charge < -0.3 is 9.38 Å². The Hall–Kier alpha value is -4.04. The average molecular weight is 409 g/mol. The van der Waals surface area contributed by atoms with Crippen LogP contribution in [0.1, 0.15) is 17.7 Å².